The molecule has 1 atom stereocenters. The molecule has 17 heavy (non-hydrogen) atoms. The summed E-state index contributed by atoms with van der Waals surface area (Å²) in [5, 5.41) is 2.70. The third kappa shape index (κ3) is 3.00. The van der Waals surface area contributed by atoms with Gasteiger partial charge in [0.15, 0.2) is 0 Å². The number of anilines is 1. The van der Waals surface area contributed by atoms with E-state index in [0.29, 0.717) is 5.69 Å². The van der Waals surface area contributed by atoms with Gasteiger partial charge in [-0.05, 0) is 12.1 Å². The fourth-order valence-electron chi connectivity index (χ4n) is 1.94. The summed E-state index contributed by atoms with van der Waals surface area (Å²) in [5.41, 5.74) is 0.703. The van der Waals surface area contributed by atoms with Crippen molar-refractivity contribution in [1.82, 2.24) is 0 Å². The average molecular weight is 231 g/mol. The van der Waals surface area contributed by atoms with Crippen molar-refractivity contribution in [3.8, 4) is 0 Å². The number of carbonyl (C=O) groups is 3. The summed E-state index contributed by atoms with van der Waals surface area (Å²) in [6.07, 6.45) is 0.295. The van der Waals surface area contributed by atoms with E-state index >= 15 is 0 Å². The van der Waals surface area contributed by atoms with Gasteiger partial charge in [-0.25, -0.2) is 0 Å². The zero-order valence-corrected chi connectivity index (χ0v) is 9.31. The van der Waals surface area contributed by atoms with Crippen molar-refractivity contribution in [2.45, 2.75) is 19.3 Å². The van der Waals surface area contributed by atoms with Gasteiger partial charge < -0.3 is 5.32 Å². The molecule has 4 nitrogen and oxygen atoms in total. The minimum Gasteiger partial charge on any atom is -0.326 e. The molecule has 4 heteroatoms. The van der Waals surface area contributed by atoms with Gasteiger partial charge in [-0.1, -0.05) is 18.2 Å². The number of nitrogens with one attached hydrogen (secondary N) is 1. The fourth-order valence-corrected chi connectivity index (χ4v) is 1.94. The number of benzene rings is 1. The molecular weight excluding hydrogens is 218 g/mol. The molecule has 0 bridgehead atoms. The third-order valence-corrected chi connectivity index (χ3v) is 2.79. The summed E-state index contributed by atoms with van der Waals surface area (Å²) in [7, 11) is 0. The Balaban J connectivity index is 1.90. The molecule has 1 aliphatic carbocycles. The van der Waals surface area contributed by atoms with Crippen molar-refractivity contribution >= 4 is 23.2 Å². The molecule has 88 valence electrons. The lowest BCUT2D eigenvalue weighted by Crippen LogP contribution is -2.18. The standard InChI is InChI=1S/C13H13NO3/c15-11-6-9(12(16)8-11)7-13(17)14-10-4-2-1-3-5-10/h1-5,9H,6-8H2,(H,14,17). The number of ketones is 2. The van der Waals surface area contributed by atoms with Gasteiger partial charge in [-0.3, -0.25) is 14.4 Å². The van der Waals surface area contributed by atoms with E-state index in [2.05, 4.69) is 5.32 Å². The van der Waals surface area contributed by atoms with Gasteiger partial charge in [0.25, 0.3) is 0 Å². The van der Waals surface area contributed by atoms with Crippen LogP contribution >= 0.6 is 0 Å². The van der Waals surface area contributed by atoms with E-state index in [-0.39, 0.29) is 36.7 Å². The first-order chi connectivity index (χ1) is 8.15. The maximum absolute atomic E-state index is 11.6. The van der Waals surface area contributed by atoms with Crippen molar-refractivity contribution in [1.29, 1.82) is 0 Å². The van der Waals surface area contributed by atoms with Gasteiger partial charge >= 0.3 is 0 Å². The molecule has 0 heterocycles. The summed E-state index contributed by atoms with van der Waals surface area (Å²) in [4.78, 5) is 34.1. The van der Waals surface area contributed by atoms with Crippen LogP contribution in [0, 0.1) is 5.92 Å². The number of carbonyl (C=O) groups excluding carboxylic acids is 3. The molecule has 1 aromatic carbocycles. The number of amides is 1. The Bertz CT molecular complexity index is 453. The lowest BCUT2D eigenvalue weighted by atomic mass is 10.0. The molecule has 2 rings (SSSR count). The van der Waals surface area contributed by atoms with Crippen LogP contribution in [0.2, 0.25) is 0 Å². The molecule has 1 unspecified atom stereocenters. The molecule has 0 saturated heterocycles. The van der Waals surface area contributed by atoms with Crippen molar-refractivity contribution < 1.29 is 14.4 Å². The van der Waals surface area contributed by atoms with E-state index in [0.717, 1.165) is 0 Å². The zero-order chi connectivity index (χ0) is 12.3. The number of hydrogen-bond acceptors (Lipinski definition) is 3. The highest BCUT2D eigenvalue weighted by Crippen LogP contribution is 2.22. The quantitative estimate of drug-likeness (QED) is 0.803. The number of hydrogen-bond donors (Lipinski definition) is 1. The highest BCUT2D eigenvalue weighted by atomic mass is 16.2. The Morgan fingerprint density at radius 3 is 2.53 bits per heavy atom. The maximum Gasteiger partial charge on any atom is 0.225 e. The molecule has 1 saturated carbocycles. The minimum absolute atomic E-state index is 0.0106. The Kier molecular flexibility index (Phi) is 3.32. The smallest absolute Gasteiger partial charge is 0.225 e. The van der Waals surface area contributed by atoms with Crippen LogP contribution in [0.4, 0.5) is 5.69 Å². The molecule has 1 aliphatic rings. The predicted molar refractivity (Wildman–Crippen MR) is 62.4 cm³/mol. The maximum atomic E-state index is 11.6. The first-order valence-corrected chi connectivity index (χ1v) is 5.54. The minimum atomic E-state index is -0.425. The van der Waals surface area contributed by atoms with Crippen LogP contribution in [0.5, 0.6) is 0 Å². The molecule has 0 radical (unpaired) electrons. The number of para-hydroxylation sites is 1. The Morgan fingerprint density at radius 2 is 1.94 bits per heavy atom. The van der Waals surface area contributed by atoms with E-state index in [1.54, 1.807) is 12.1 Å². The molecule has 0 aromatic heterocycles. The molecule has 1 fully saturated rings. The SMILES string of the molecule is O=C1CC(=O)C(CC(=O)Nc2ccccc2)C1. The monoisotopic (exact) mass is 231 g/mol. The highest BCUT2D eigenvalue weighted by Gasteiger charge is 2.32. The van der Waals surface area contributed by atoms with E-state index in [1.807, 2.05) is 18.2 Å². The fraction of sp³-hybridized carbons (Fsp3) is 0.308. The van der Waals surface area contributed by atoms with Gasteiger partial charge in [0.05, 0.1) is 6.42 Å². The van der Waals surface area contributed by atoms with Crippen molar-refractivity contribution in [3.05, 3.63) is 30.3 Å². The van der Waals surface area contributed by atoms with E-state index in [9.17, 15) is 14.4 Å². The highest BCUT2D eigenvalue weighted by molar-refractivity contribution is 6.08. The van der Waals surface area contributed by atoms with Crippen LogP contribution in [0.1, 0.15) is 19.3 Å². The molecule has 1 aromatic rings. The van der Waals surface area contributed by atoms with Gasteiger partial charge in [0, 0.05) is 24.4 Å². The second-order valence-electron chi connectivity index (χ2n) is 4.20. The van der Waals surface area contributed by atoms with Crippen LogP contribution in [-0.4, -0.2) is 17.5 Å². The van der Waals surface area contributed by atoms with Crippen LogP contribution in [0.15, 0.2) is 30.3 Å². The van der Waals surface area contributed by atoms with Crippen LogP contribution in [-0.2, 0) is 14.4 Å². The predicted octanol–water partition coefficient (Wildman–Crippen LogP) is 1.56. The average Bonchev–Trinajstić information content (AvgIpc) is 2.58. The second kappa shape index (κ2) is 4.91. The van der Waals surface area contributed by atoms with Gasteiger partial charge in [0.2, 0.25) is 5.91 Å². The molecular formula is C13H13NO3. The van der Waals surface area contributed by atoms with E-state index in [4.69, 9.17) is 0 Å². The Labute approximate surface area is 99.0 Å². The topological polar surface area (TPSA) is 63.2 Å². The van der Waals surface area contributed by atoms with Crippen molar-refractivity contribution in [3.63, 3.8) is 0 Å². The summed E-state index contributed by atoms with van der Waals surface area (Å²) in [5.74, 6) is -0.818. The summed E-state index contributed by atoms with van der Waals surface area (Å²) in [6.45, 7) is 0. The van der Waals surface area contributed by atoms with Gasteiger partial charge in [-0.2, -0.15) is 0 Å². The Hall–Kier alpha value is -1.97. The number of rotatable bonds is 3. The second-order valence-corrected chi connectivity index (χ2v) is 4.20. The third-order valence-electron chi connectivity index (χ3n) is 2.79. The summed E-state index contributed by atoms with van der Waals surface area (Å²) < 4.78 is 0. The van der Waals surface area contributed by atoms with Gasteiger partial charge in [-0.15, -0.1) is 0 Å². The number of Topliss-reactive ketones (excluding diaryl/α,β-unsaturated/α-hetero) is 2. The first kappa shape index (κ1) is 11.5. The van der Waals surface area contributed by atoms with Crippen molar-refractivity contribution in [2.75, 3.05) is 5.32 Å². The van der Waals surface area contributed by atoms with Crippen LogP contribution < -0.4 is 5.32 Å². The molecule has 0 aliphatic heterocycles. The van der Waals surface area contributed by atoms with E-state index in [1.165, 1.54) is 0 Å². The van der Waals surface area contributed by atoms with Gasteiger partial charge in [0.1, 0.15) is 11.6 Å². The lowest BCUT2D eigenvalue weighted by Gasteiger charge is -2.07. The molecule has 0 spiro atoms. The lowest BCUT2D eigenvalue weighted by molar-refractivity contribution is -0.125. The largest absolute Gasteiger partial charge is 0.326 e. The molecule has 1 N–H and O–H groups in total. The molecule has 1 amide bonds. The normalized spacial score (nSPS) is 19.4. The summed E-state index contributed by atoms with van der Waals surface area (Å²) in [6, 6.07) is 9.05. The van der Waals surface area contributed by atoms with Crippen molar-refractivity contribution in [2.24, 2.45) is 5.92 Å². The first-order valence-electron chi connectivity index (χ1n) is 5.54. The zero-order valence-electron chi connectivity index (χ0n) is 9.31. The van der Waals surface area contributed by atoms with E-state index < -0.39 is 5.92 Å². The Morgan fingerprint density at radius 1 is 1.24 bits per heavy atom. The summed E-state index contributed by atoms with van der Waals surface area (Å²) >= 11 is 0. The van der Waals surface area contributed by atoms with Crippen LogP contribution in [0.25, 0.3) is 0 Å². The van der Waals surface area contributed by atoms with Crippen LogP contribution in [0.3, 0.4) is 0 Å².